The molecule has 24 heavy (non-hydrogen) atoms. The van der Waals surface area contributed by atoms with Gasteiger partial charge in [0.25, 0.3) is 11.1 Å². The highest BCUT2D eigenvalue weighted by Gasteiger charge is 2.29. The van der Waals surface area contributed by atoms with Crippen molar-refractivity contribution in [2.75, 3.05) is 0 Å². The van der Waals surface area contributed by atoms with E-state index in [0.717, 1.165) is 5.56 Å². The Morgan fingerprint density at radius 3 is 1.62 bits per heavy atom. The maximum atomic E-state index is 12.3. The molecule has 0 amide bonds. The summed E-state index contributed by atoms with van der Waals surface area (Å²) in [6.07, 6.45) is 0. The lowest BCUT2D eigenvalue weighted by atomic mass is 9.85. The second-order valence-corrected chi connectivity index (χ2v) is 7.83. The summed E-state index contributed by atoms with van der Waals surface area (Å²) < 4.78 is 1.32. The van der Waals surface area contributed by atoms with Crippen molar-refractivity contribution in [2.24, 2.45) is 0 Å². The summed E-state index contributed by atoms with van der Waals surface area (Å²) in [4.78, 5) is 24.7. The normalized spacial score (nSPS) is 11.4. The molecule has 0 bridgehead atoms. The smallest absolute Gasteiger partial charge is 0.268 e. The van der Waals surface area contributed by atoms with Crippen LogP contribution >= 0.6 is 45.2 Å². The number of aryl methyl sites for hydroxylation is 2. The average molecular weight is 552 g/mol. The zero-order valence-electron chi connectivity index (χ0n) is 12.8. The zero-order chi connectivity index (χ0) is 17.6. The van der Waals surface area contributed by atoms with Gasteiger partial charge in [0.05, 0.1) is 18.3 Å². The molecule has 1 aromatic carbocycles. The molecule has 0 saturated heterocycles. The van der Waals surface area contributed by atoms with Crippen LogP contribution in [0.4, 0.5) is 0 Å². The van der Waals surface area contributed by atoms with E-state index in [4.69, 9.17) is 0 Å². The summed E-state index contributed by atoms with van der Waals surface area (Å²) >= 11 is 4.07. The van der Waals surface area contributed by atoms with Crippen molar-refractivity contribution in [3.8, 4) is 5.75 Å². The minimum absolute atomic E-state index is 0.193. The Balaban J connectivity index is 2.36. The summed E-state index contributed by atoms with van der Waals surface area (Å²) in [6, 6.07) is 3.58. The van der Waals surface area contributed by atoms with Crippen LogP contribution < -0.4 is 11.1 Å². The van der Waals surface area contributed by atoms with Gasteiger partial charge in [-0.05, 0) is 76.7 Å². The third-order valence-electron chi connectivity index (χ3n) is 3.97. The molecule has 126 valence electrons. The number of nitrogens with one attached hydrogen (secondary N) is 4. The molecule has 9 heteroatoms. The molecule has 2 heterocycles. The van der Waals surface area contributed by atoms with Gasteiger partial charge in [0.2, 0.25) is 0 Å². The van der Waals surface area contributed by atoms with Crippen molar-refractivity contribution in [3.63, 3.8) is 0 Å². The molecule has 5 N–H and O–H groups in total. The van der Waals surface area contributed by atoms with Crippen molar-refractivity contribution in [3.05, 3.63) is 68.1 Å². The number of hydrogen-bond acceptors (Lipinski definition) is 3. The predicted octanol–water partition coefficient (Wildman–Crippen LogP) is 2.43. The maximum absolute atomic E-state index is 12.3. The number of phenols is 1. The first kappa shape index (κ1) is 17.3. The second-order valence-electron chi connectivity index (χ2n) is 5.50. The first-order chi connectivity index (χ1) is 11.3. The van der Waals surface area contributed by atoms with Crippen molar-refractivity contribution < 1.29 is 5.11 Å². The van der Waals surface area contributed by atoms with E-state index in [1.807, 2.05) is 45.2 Å². The highest BCUT2D eigenvalue weighted by atomic mass is 127. The fourth-order valence-electron chi connectivity index (χ4n) is 2.84. The Kier molecular flexibility index (Phi) is 4.64. The molecule has 0 radical (unpaired) electrons. The standard InChI is InChI=1S/C15H14I2N4O3/c1-5-10(14(23)20-18-5)12(11-6(2)19-21-15(11)24)7-3-8(16)13(22)9(17)4-7/h3-4,12,22H,1-2H3,(H2,18,20,23)(H2,19,21,24). The van der Waals surface area contributed by atoms with Crippen LogP contribution in [0.5, 0.6) is 5.75 Å². The molecule has 0 aliphatic carbocycles. The van der Waals surface area contributed by atoms with Crippen LogP contribution in [0.15, 0.2) is 21.7 Å². The lowest BCUT2D eigenvalue weighted by Crippen LogP contribution is -2.20. The van der Waals surface area contributed by atoms with E-state index in [1.165, 1.54) is 0 Å². The lowest BCUT2D eigenvalue weighted by Gasteiger charge is -2.17. The van der Waals surface area contributed by atoms with Crippen molar-refractivity contribution in [1.82, 2.24) is 20.4 Å². The Morgan fingerprint density at radius 1 is 0.875 bits per heavy atom. The van der Waals surface area contributed by atoms with Crippen LogP contribution in [0.1, 0.15) is 34.0 Å². The average Bonchev–Trinajstić information content (AvgIpc) is 3.02. The van der Waals surface area contributed by atoms with Gasteiger partial charge in [0.1, 0.15) is 5.75 Å². The summed E-state index contributed by atoms with van der Waals surface area (Å²) in [5, 5.41) is 20.8. The van der Waals surface area contributed by atoms with E-state index in [0.29, 0.717) is 29.7 Å². The van der Waals surface area contributed by atoms with Gasteiger partial charge in [-0.2, -0.15) is 0 Å². The van der Waals surface area contributed by atoms with Gasteiger partial charge in [-0.15, -0.1) is 0 Å². The van der Waals surface area contributed by atoms with Crippen molar-refractivity contribution >= 4 is 45.2 Å². The predicted molar refractivity (Wildman–Crippen MR) is 107 cm³/mol. The highest BCUT2D eigenvalue weighted by molar-refractivity contribution is 14.1. The highest BCUT2D eigenvalue weighted by Crippen LogP contribution is 2.36. The molecule has 0 fully saturated rings. The minimum atomic E-state index is -0.544. The number of hydrogen-bond donors (Lipinski definition) is 5. The van der Waals surface area contributed by atoms with Crippen molar-refractivity contribution in [2.45, 2.75) is 19.8 Å². The number of aromatic hydroxyl groups is 1. The number of aromatic nitrogens is 4. The largest absolute Gasteiger partial charge is 0.506 e. The number of benzene rings is 1. The van der Waals surface area contributed by atoms with E-state index < -0.39 is 5.92 Å². The third-order valence-corrected chi connectivity index (χ3v) is 5.62. The van der Waals surface area contributed by atoms with E-state index in [2.05, 4.69) is 20.4 Å². The van der Waals surface area contributed by atoms with Crippen LogP contribution in [0.2, 0.25) is 0 Å². The molecule has 0 spiro atoms. The summed E-state index contributed by atoms with van der Waals surface area (Å²) in [7, 11) is 0. The van der Waals surface area contributed by atoms with Gasteiger partial charge in [-0.25, -0.2) is 0 Å². The van der Waals surface area contributed by atoms with E-state index >= 15 is 0 Å². The number of phenolic OH excluding ortho intramolecular Hbond substituents is 1. The monoisotopic (exact) mass is 552 g/mol. The van der Waals surface area contributed by atoms with E-state index in [1.54, 1.807) is 26.0 Å². The van der Waals surface area contributed by atoms with E-state index in [9.17, 15) is 14.7 Å². The molecule has 3 rings (SSSR count). The van der Waals surface area contributed by atoms with Crippen molar-refractivity contribution in [1.29, 1.82) is 0 Å². The van der Waals surface area contributed by atoms with Gasteiger partial charge in [-0.3, -0.25) is 19.8 Å². The molecular formula is C15H14I2N4O3. The molecule has 3 aromatic rings. The molecule has 2 aromatic heterocycles. The molecule has 0 atom stereocenters. The Labute approximate surface area is 163 Å². The molecule has 0 aliphatic heterocycles. The number of H-pyrrole nitrogens is 4. The molecule has 0 aliphatic rings. The first-order valence-corrected chi connectivity index (χ1v) is 9.19. The van der Waals surface area contributed by atoms with Crippen LogP contribution in [0.25, 0.3) is 0 Å². The fourth-order valence-corrected chi connectivity index (χ4v) is 4.65. The SMILES string of the molecule is Cc1[nH][nH]c(=O)c1C(c1cc(I)c(O)c(I)c1)c1c(C)[nH][nH]c1=O. The Morgan fingerprint density at radius 2 is 1.29 bits per heavy atom. The fraction of sp³-hybridized carbons (Fsp3) is 0.200. The van der Waals surface area contributed by atoms with Gasteiger partial charge < -0.3 is 15.3 Å². The lowest BCUT2D eigenvalue weighted by molar-refractivity contribution is 0.467. The van der Waals surface area contributed by atoms with Gasteiger partial charge in [0, 0.05) is 17.3 Å². The summed E-state index contributed by atoms with van der Waals surface area (Å²) in [6.45, 7) is 3.57. The third kappa shape index (κ3) is 2.83. The van der Waals surface area contributed by atoms with Gasteiger partial charge in [-0.1, -0.05) is 0 Å². The molecule has 0 saturated carbocycles. The Hall–Kier alpha value is -1.50. The zero-order valence-corrected chi connectivity index (χ0v) is 17.1. The van der Waals surface area contributed by atoms with Crippen LogP contribution in [-0.2, 0) is 0 Å². The Bertz CT molecular complexity index is 951. The van der Waals surface area contributed by atoms with Gasteiger partial charge >= 0.3 is 0 Å². The summed E-state index contributed by atoms with van der Waals surface area (Å²) in [5.74, 6) is -0.351. The first-order valence-electron chi connectivity index (χ1n) is 7.03. The summed E-state index contributed by atoms with van der Waals surface area (Å²) in [5.41, 5.74) is 2.54. The van der Waals surface area contributed by atoms with Crippen LogP contribution in [0, 0.1) is 21.0 Å². The topological polar surface area (TPSA) is 118 Å². The van der Waals surface area contributed by atoms with Crippen LogP contribution in [0.3, 0.4) is 0 Å². The number of halogens is 2. The van der Waals surface area contributed by atoms with Crippen LogP contribution in [-0.4, -0.2) is 25.5 Å². The minimum Gasteiger partial charge on any atom is -0.506 e. The van der Waals surface area contributed by atoms with Gasteiger partial charge in [0.15, 0.2) is 0 Å². The number of aromatic amines is 4. The number of rotatable bonds is 3. The van der Waals surface area contributed by atoms with E-state index in [-0.39, 0.29) is 16.9 Å². The molecule has 7 nitrogen and oxygen atoms in total. The second kappa shape index (κ2) is 6.43. The maximum Gasteiger partial charge on any atom is 0.268 e. The quantitative estimate of drug-likeness (QED) is 0.322. The molecular weight excluding hydrogens is 538 g/mol. The molecule has 0 unspecified atom stereocenters.